The summed E-state index contributed by atoms with van der Waals surface area (Å²) in [6.45, 7) is 1.74. The highest BCUT2D eigenvalue weighted by Gasteiger charge is 2.25. The fraction of sp³-hybridized carbons (Fsp3) is 0.385. The summed E-state index contributed by atoms with van der Waals surface area (Å²) in [4.78, 5) is 22.5. The Bertz CT molecular complexity index is 476. The second kappa shape index (κ2) is 6.19. The third-order valence-electron chi connectivity index (χ3n) is 3.06. The van der Waals surface area contributed by atoms with Crippen molar-refractivity contribution in [3.63, 3.8) is 0 Å². The summed E-state index contributed by atoms with van der Waals surface area (Å²) in [6.07, 6.45) is -0.834. The molecule has 1 aromatic carbocycles. The molecule has 0 fully saturated rings. The van der Waals surface area contributed by atoms with E-state index in [1.807, 2.05) is 24.3 Å². The Morgan fingerprint density at radius 2 is 2.21 bits per heavy atom. The Balaban J connectivity index is 1.92. The van der Waals surface area contributed by atoms with Gasteiger partial charge in [0.05, 0.1) is 12.5 Å². The lowest BCUT2D eigenvalue weighted by Gasteiger charge is -2.25. The Morgan fingerprint density at radius 3 is 3.00 bits per heavy atom. The summed E-state index contributed by atoms with van der Waals surface area (Å²) in [7, 11) is 0. The number of hydrogen-bond donors (Lipinski definition) is 3. The number of fused-ring (bicyclic) bond motifs is 1. The number of nitrogens with one attached hydrogen (secondary N) is 2. The normalized spacial score (nSPS) is 17.4. The first-order chi connectivity index (χ1) is 9.18. The van der Waals surface area contributed by atoms with Gasteiger partial charge in [0.15, 0.2) is 0 Å². The molecule has 2 amide bonds. The second-order valence-electron chi connectivity index (χ2n) is 4.34. The van der Waals surface area contributed by atoms with Crippen LogP contribution in [0.1, 0.15) is 17.0 Å². The van der Waals surface area contributed by atoms with Gasteiger partial charge in [-0.2, -0.15) is 0 Å². The average molecular weight is 263 g/mol. The van der Waals surface area contributed by atoms with Crippen molar-refractivity contribution < 1.29 is 14.3 Å². The highest BCUT2D eigenvalue weighted by molar-refractivity contribution is 5.84. The molecule has 4 N–H and O–H groups in total. The molecule has 0 aliphatic carbocycles. The van der Waals surface area contributed by atoms with Gasteiger partial charge in [0.25, 0.3) is 0 Å². The lowest BCUT2D eigenvalue weighted by molar-refractivity contribution is -0.122. The minimum atomic E-state index is -0.834. The molecule has 0 saturated heterocycles. The summed E-state index contributed by atoms with van der Waals surface area (Å²) >= 11 is 0. The van der Waals surface area contributed by atoms with Gasteiger partial charge in [-0.25, -0.2) is 4.79 Å². The van der Waals surface area contributed by atoms with Crippen LogP contribution in [0.15, 0.2) is 24.3 Å². The van der Waals surface area contributed by atoms with E-state index < -0.39 is 6.09 Å². The van der Waals surface area contributed by atoms with E-state index in [-0.39, 0.29) is 25.0 Å². The number of rotatable bonds is 4. The number of primary amides is 1. The first kappa shape index (κ1) is 13.4. The smallest absolute Gasteiger partial charge is 0.404 e. The number of carbonyl (C=O) groups excluding carboxylic acids is 2. The third-order valence-corrected chi connectivity index (χ3v) is 3.06. The second-order valence-corrected chi connectivity index (χ2v) is 4.34. The van der Waals surface area contributed by atoms with Crippen molar-refractivity contribution in [2.45, 2.75) is 12.5 Å². The van der Waals surface area contributed by atoms with E-state index >= 15 is 0 Å². The van der Waals surface area contributed by atoms with Crippen molar-refractivity contribution in [1.82, 2.24) is 10.6 Å². The van der Waals surface area contributed by atoms with Crippen LogP contribution < -0.4 is 16.4 Å². The van der Waals surface area contributed by atoms with Crippen LogP contribution in [0.5, 0.6) is 0 Å². The summed E-state index contributed by atoms with van der Waals surface area (Å²) in [5.41, 5.74) is 7.02. The van der Waals surface area contributed by atoms with Gasteiger partial charge in [-0.05, 0) is 11.1 Å². The summed E-state index contributed by atoms with van der Waals surface area (Å²) in [6, 6.07) is 7.88. The van der Waals surface area contributed by atoms with Crippen LogP contribution in [0.25, 0.3) is 0 Å². The Labute approximate surface area is 111 Å². The number of benzene rings is 1. The van der Waals surface area contributed by atoms with Crippen molar-refractivity contribution in [2.75, 3.05) is 19.7 Å². The van der Waals surface area contributed by atoms with Crippen LogP contribution in [0.4, 0.5) is 4.79 Å². The van der Waals surface area contributed by atoms with E-state index in [4.69, 9.17) is 5.73 Å². The molecule has 0 bridgehead atoms. The lowest BCUT2D eigenvalue weighted by atomic mass is 9.90. The zero-order chi connectivity index (χ0) is 13.7. The Morgan fingerprint density at radius 1 is 1.42 bits per heavy atom. The first-order valence-electron chi connectivity index (χ1n) is 6.17. The van der Waals surface area contributed by atoms with Crippen LogP contribution in [-0.4, -0.2) is 31.7 Å². The topological polar surface area (TPSA) is 93.5 Å². The monoisotopic (exact) mass is 263 g/mol. The molecule has 1 aliphatic heterocycles. The van der Waals surface area contributed by atoms with Crippen LogP contribution in [0.2, 0.25) is 0 Å². The maximum absolute atomic E-state index is 12.1. The van der Waals surface area contributed by atoms with Gasteiger partial charge in [-0.1, -0.05) is 24.3 Å². The maximum Gasteiger partial charge on any atom is 0.404 e. The molecule has 1 aliphatic rings. The van der Waals surface area contributed by atoms with Gasteiger partial charge in [-0.15, -0.1) is 0 Å². The van der Waals surface area contributed by atoms with Crippen molar-refractivity contribution >= 4 is 12.0 Å². The highest BCUT2D eigenvalue weighted by atomic mass is 16.5. The van der Waals surface area contributed by atoms with Crippen molar-refractivity contribution in [2.24, 2.45) is 5.73 Å². The molecular weight excluding hydrogens is 246 g/mol. The average Bonchev–Trinajstić information content (AvgIpc) is 2.42. The molecule has 19 heavy (non-hydrogen) atoms. The van der Waals surface area contributed by atoms with E-state index in [0.717, 1.165) is 17.7 Å². The zero-order valence-corrected chi connectivity index (χ0v) is 10.5. The molecule has 0 spiro atoms. The van der Waals surface area contributed by atoms with Crippen LogP contribution in [0.3, 0.4) is 0 Å². The molecule has 1 unspecified atom stereocenters. The van der Waals surface area contributed by atoms with E-state index in [9.17, 15) is 9.59 Å². The molecule has 6 nitrogen and oxygen atoms in total. The molecule has 0 aromatic heterocycles. The number of hydrogen-bond acceptors (Lipinski definition) is 4. The quantitative estimate of drug-likeness (QED) is 0.671. The lowest BCUT2D eigenvalue weighted by Crippen LogP contribution is -2.40. The predicted octanol–water partition coefficient (Wildman–Crippen LogP) is 0.0849. The number of carbonyl (C=O) groups is 2. The molecule has 102 valence electrons. The van der Waals surface area contributed by atoms with E-state index in [0.29, 0.717) is 6.54 Å². The fourth-order valence-electron chi connectivity index (χ4n) is 2.18. The molecule has 1 aromatic rings. The van der Waals surface area contributed by atoms with Gasteiger partial charge in [0.1, 0.15) is 6.61 Å². The summed E-state index contributed by atoms with van der Waals surface area (Å²) in [5.74, 6) is -0.286. The van der Waals surface area contributed by atoms with E-state index in [2.05, 4.69) is 15.4 Å². The van der Waals surface area contributed by atoms with E-state index in [1.54, 1.807) is 0 Å². The minimum absolute atomic E-state index is 0.0762. The number of ether oxygens (including phenoxy) is 1. The van der Waals surface area contributed by atoms with Gasteiger partial charge < -0.3 is 21.1 Å². The maximum atomic E-state index is 12.1. The first-order valence-corrected chi connectivity index (χ1v) is 6.17. The third kappa shape index (κ3) is 3.45. The van der Waals surface area contributed by atoms with Crippen molar-refractivity contribution in [3.05, 3.63) is 35.4 Å². The van der Waals surface area contributed by atoms with Gasteiger partial charge in [-0.3, -0.25) is 4.79 Å². The molecule has 0 saturated carbocycles. The summed E-state index contributed by atoms with van der Waals surface area (Å²) in [5, 5.41) is 5.95. The molecule has 0 radical (unpaired) electrons. The highest BCUT2D eigenvalue weighted by Crippen LogP contribution is 2.23. The molecule has 1 atom stereocenters. The molecular formula is C13H17N3O3. The Kier molecular flexibility index (Phi) is 4.35. The molecule has 2 rings (SSSR count). The predicted molar refractivity (Wildman–Crippen MR) is 69.4 cm³/mol. The van der Waals surface area contributed by atoms with Crippen molar-refractivity contribution in [3.8, 4) is 0 Å². The Hall–Kier alpha value is -2.08. The number of nitrogens with two attached hydrogens (primary N) is 1. The van der Waals surface area contributed by atoms with Crippen LogP contribution >= 0.6 is 0 Å². The number of amides is 2. The minimum Gasteiger partial charge on any atom is -0.448 e. The van der Waals surface area contributed by atoms with Gasteiger partial charge in [0, 0.05) is 13.1 Å². The zero-order valence-electron chi connectivity index (χ0n) is 10.5. The SMILES string of the molecule is NC(=O)OCCNC(=O)C1CNCc2ccccc21. The van der Waals surface area contributed by atoms with Crippen LogP contribution in [0, 0.1) is 0 Å². The standard InChI is InChI=1S/C13H17N3O3/c14-13(18)19-6-5-16-12(17)11-8-15-7-9-3-1-2-4-10(9)11/h1-4,11,15H,5-8H2,(H2,14,18)(H,16,17). The summed E-state index contributed by atoms with van der Waals surface area (Å²) < 4.78 is 4.56. The van der Waals surface area contributed by atoms with Crippen LogP contribution in [-0.2, 0) is 16.1 Å². The van der Waals surface area contributed by atoms with Gasteiger partial charge >= 0.3 is 6.09 Å². The van der Waals surface area contributed by atoms with E-state index in [1.165, 1.54) is 0 Å². The fourth-order valence-corrected chi connectivity index (χ4v) is 2.18. The largest absolute Gasteiger partial charge is 0.448 e. The van der Waals surface area contributed by atoms with Crippen molar-refractivity contribution in [1.29, 1.82) is 0 Å². The molecule has 1 heterocycles. The molecule has 6 heteroatoms. The van der Waals surface area contributed by atoms with Gasteiger partial charge in [0.2, 0.25) is 5.91 Å².